The van der Waals surface area contributed by atoms with Crippen molar-refractivity contribution in [2.24, 2.45) is 0 Å². The molecule has 27 heavy (non-hydrogen) atoms. The molecule has 5 rings (SSSR count). The lowest BCUT2D eigenvalue weighted by molar-refractivity contribution is 0.0950. The van der Waals surface area contributed by atoms with Crippen molar-refractivity contribution in [3.05, 3.63) is 59.8 Å². The fourth-order valence-electron chi connectivity index (χ4n) is 3.45. The van der Waals surface area contributed by atoms with Crippen molar-refractivity contribution in [2.75, 3.05) is 11.9 Å². The van der Waals surface area contributed by atoms with Crippen LogP contribution in [-0.4, -0.2) is 27.9 Å². The van der Waals surface area contributed by atoms with Gasteiger partial charge in [-0.05, 0) is 36.8 Å². The zero-order valence-corrected chi connectivity index (χ0v) is 15.2. The van der Waals surface area contributed by atoms with Gasteiger partial charge in [0.1, 0.15) is 5.69 Å². The third-order valence-corrected chi connectivity index (χ3v) is 5.71. The molecular weight excluding hydrogens is 360 g/mol. The molecule has 6 nitrogen and oxygen atoms in total. The van der Waals surface area contributed by atoms with Gasteiger partial charge in [-0.15, -0.1) is 0 Å². The second-order valence-electron chi connectivity index (χ2n) is 6.51. The van der Waals surface area contributed by atoms with E-state index in [4.69, 9.17) is 0 Å². The third-order valence-electron chi connectivity index (χ3n) is 4.76. The van der Waals surface area contributed by atoms with E-state index in [0.717, 1.165) is 34.1 Å². The molecule has 7 heteroatoms. The van der Waals surface area contributed by atoms with Crippen LogP contribution in [0.15, 0.2) is 48.5 Å². The second kappa shape index (κ2) is 6.21. The van der Waals surface area contributed by atoms with Gasteiger partial charge in [-0.25, -0.2) is 4.98 Å². The molecule has 0 saturated carbocycles. The standard InChI is InChI=1S/C20H16N4O2S/c25-18(23-20-22-14-4-1-2-5-17(14)27-20)13-7-6-12-10-16-19(26)21-8-3-9-24(16)15(12)11-13/h1-2,4-7,10-11H,3,8-9H2,(H,21,26)(H,22,23,25). The maximum atomic E-state index is 12.7. The van der Waals surface area contributed by atoms with Gasteiger partial charge in [0.2, 0.25) is 0 Å². The van der Waals surface area contributed by atoms with Gasteiger partial charge < -0.3 is 9.88 Å². The summed E-state index contributed by atoms with van der Waals surface area (Å²) in [6, 6.07) is 15.2. The first-order valence-corrected chi connectivity index (χ1v) is 9.59. The van der Waals surface area contributed by atoms with E-state index in [1.807, 2.05) is 47.0 Å². The minimum Gasteiger partial charge on any atom is -0.351 e. The number of hydrogen-bond donors (Lipinski definition) is 2. The number of carbonyl (C=O) groups excluding carboxylic acids is 2. The summed E-state index contributed by atoms with van der Waals surface area (Å²) in [6.07, 6.45) is 0.866. The smallest absolute Gasteiger partial charge is 0.267 e. The van der Waals surface area contributed by atoms with E-state index in [1.165, 1.54) is 11.3 Å². The predicted octanol–water partition coefficient (Wildman–Crippen LogP) is 3.64. The van der Waals surface area contributed by atoms with E-state index < -0.39 is 0 Å². The van der Waals surface area contributed by atoms with Crippen molar-refractivity contribution in [3.8, 4) is 0 Å². The van der Waals surface area contributed by atoms with Crippen molar-refractivity contribution >= 4 is 49.4 Å². The number of hydrogen-bond acceptors (Lipinski definition) is 4. The van der Waals surface area contributed by atoms with Gasteiger partial charge >= 0.3 is 0 Å². The fourth-order valence-corrected chi connectivity index (χ4v) is 4.31. The van der Waals surface area contributed by atoms with Crippen molar-refractivity contribution in [1.82, 2.24) is 14.9 Å². The predicted molar refractivity (Wildman–Crippen MR) is 106 cm³/mol. The van der Waals surface area contributed by atoms with E-state index in [-0.39, 0.29) is 11.8 Å². The number of carbonyl (C=O) groups is 2. The number of aromatic nitrogens is 2. The Balaban J connectivity index is 1.49. The van der Waals surface area contributed by atoms with E-state index in [2.05, 4.69) is 15.6 Å². The van der Waals surface area contributed by atoms with E-state index in [9.17, 15) is 9.59 Å². The van der Waals surface area contributed by atoms with Crippen LogP contribution in [0.5, 0.6) is 0 Å². The van der Waals surface area contributed by atoms with Gasteiger partial charge in [0.15, 0.2) is 5.13 Å². The highest BCUT2D eigenvalue weighted by Crippen LogP contribution is 2.27. The lowest BCUT2D eigenvalue weighted by Gasteiger charge is -2.06. The maximum absolute atomic E-state index is 12.7. The molecule has 0 atom stereocenters. The quantitative estimate of drug-likeness (QED) is 0.561. The summed E-state index contributed by atoms with van der Waals surface area (Å²) in [6.45, 7) is 1.42. The van der Waals surface area contributed by atoms with Crippen LogP contribution in [0.25, 0.3) is 21.1 Å². The van der Waals surface area contributed by atoms with E-state index in [1.54, 1.807) is 6.07 Å². The highest BCUT2D eigenvalue weighted by molar-refractivity contribution is 7.22. The van der Waals surface area contributed by atoms with Crippen LogP contribution in [0, 0.1) is 0 Å². The molecular formula is C20H16N4O2S. The monoisotopic (exact) mass is 376 g/mol. The molecule has 0 spiro atoms. The normalized spacial score (nSPS) is 14.0. The van der Waals surface area contributed by atoms with Crippen LogP contribution in [0.3, 0.4) is 0 Å². The molecule has 2 amide bonds. The van der Waals surface area contributed by atoms with Gasteiger partial charge in [-0.1, -0.05) is 29.5 Å². The van der Waals surface area contributed by atoms with Crippen molar-refractivity contribution in [2.45, 2.75) is 13.0 Å². The average Bonchev–Trinajstić information content (AvgIpc) is 3.19. The molecule has 4 aromatic rings. The molecule has 134 valence electrons. The minimum absolute atomic E-state index is 0.0656. The molecule has 2 aromatic heterocycles. The minimum atomic E-state index is -0.204. The zero-order chi connectivity index (χ0) is 18.4. The average molecular weight is 376 g/mol. The first kappa shape index (κ1) is 16.0. The van der Waals surface area contributed by atoms with Crippen molar-refractivity contribution in [1.29, 1.82) is 0 Å². The highest BCUT2D eigenvalue weighted by Gasteiger charge is 2.19. The molecule has 0 aliphatic carbocycles. The summed E-state index contributed by atoms with van der Waals surface area (Å²) >= 11 is 1.45. The number of fused-ring (bicyclic) bond motifs is 4. The molecule has 0 radical (unpaired) electrons. The molecule has 2 aromatic carbocycles. The summed E-state index contributed by atoms with van der Waals surface area (Å²) in [4.78, 5) is 29.4. The van der Waals surface area contributed by atoms with Gasteiger partial charge in [0.05, 0.1) is 10.2 Å². The number of rotatable bonds is 2. The Kier molecular flexibility index (Phi) is 3.68. The Labute approximate surface area is 158 Å². The van der Waals surface area contributed by atoms with Crippen LogP contribution in [-0.2, 0) is 6.54 Å². The summed E-state index contributed by atoms with van der Waals surface area (Å²) in [5.41, 5.74) is 2.97. The number of anilines is 1. The molecule has 0 saturated heterocycles. The van der Waals surface area contributed by atoms with Crippen LogP contribution < -0.4 is 10.6 Å². The summed E-state index contributed by atoms with van der Waals surface area (Å²) < 4.78 is 3.03. The number of para-hydroxylation sites is 1. The second-order valence-corrected chi connectivity index (χ2v) is 7.54. The first-order chi connectivity index (χ1) is 13.2. The number of thiazole rings is 1. The van der Waals surface area contributed by atoms with Crippen LogP contribution in [0.2, 0.25) is 0 Å². The topological polar surface area (TPSA) is 76.0 Å². The summed E-state index contributed by atoms with van der Waals surface area (Å²) in [5.74, 6) is -0.270. The van der Waals surface area contributed by atoms with Crippen LogP contribution in [0.1, 0.15) is 27.3 Å². The number of amides is 2. The van der Waals surface area contributed by atoms with Gasteiger partial charge in [0, 0.05) is 29.6 Å². The van der Waals surface area contributed by atoms with Crippen LogP contribution >= 0.6 is 11.3 Å². The van der Waals surface area contributed by atoms with E-state index in [0.29, 0.717) is 22.9 Å². The molecule has 0 bridgehead atoms. The van der Waals surface area contributed by atoms with Crippen molar-refractivity contribution < 1.29 is 9.59 Å². The fraction of sp³-hybridized carbons (Fsp3) is 0.150. The molecule has 3 heterocycles. The number of aryl methyl sites for hydroxylation is 1. The van der Waals surface area contributed by atoms with E-state index >= 15 is 0 Å². The maximum Gasteiger partial charge on any atom is 0.267 e. The SMILES string of the molecule is O=C(Nc1nc2ccccc2s1)c1ccc2cc3n(c2c1)CCCNC3=O. The lowest BCUT2D eigenvalue weighted by Crippen LogP contribution is -2.22. The molecule has 1 aliphatic rings. The summed E-state index contributed by atoms with van der Waals surface area (Å²) in [7, 11) is 0. The highest BCUT2D eigenvalue weighted by atomic mass is 32.1. The number of nitrogens with one attached hydrogen (secondary N) is 2. The molecule has 1 aliphatic heterocycles. The van der Waals surface area contributed by atoms with Gasteiger partial charge in [0.25, 0.3) is 11.8 Å². The Hall–Kier alpha value is -3.19. The number of benzene rings is 2. The Morgan fingerprint density at radius 1 is 1.19 bits per heavy atom. The zero-order valence-electron chi connectivity index (χ0n) is 14.4. The Morgan fingerprint density at radius 2 is 2.07 bits per heavy atom. The van der Waals surface area contributed by atoms with Gasteiger partial charge in [-0.2, -0.15) is 0 Å². The van der Waals surface area contributed by atoms with Crippen molar-refractivity contribution in [3.63, 3.8) is 0 Å². The van der Waals surface area contributed by atoms with Gasteiger partial charge in [-0.3, -0.25) is 14.9 Å². The molecule has 0 fully saturated rings. The summed E-state index contributed by atoms with van der Waals surface area (Å²) in [5, 5.41) is 7.32. The largest absolute Gasteiger partial charge is 0.351 e. The molecule has 2 N–H and O–H groups in total. The first-order valence-electron chi connectivity index (χ1n) is 8.77. The molecule has 0 unspecified atom stereocenters. The lowest BCUT2D eigenvalue weighted by atomic mass is 10.1. The Morgan fingerprint density at radius 3 is 2.96 bits per heavy atom. The number of nitrogens with zero attached hydrogens (tertiary/aromatic N) is 2. The third kappa shape index (κ3) is 2.76. The Bertz CT molecular complexity index is 1170. The van der Waals surface area contributed by atoms with Crippen LogP contribution in [0.4, 0.5) is 5.13 Å².